The second-order valence-electron chi connectivity index (χ2n) is 6.25. The number of nitrogens with one attached hydrogen (secondary N) is 2. The van der Waals surface area contributed by atoms with E-state index in [0.29, 0.717) is 31.0 Å². The van der Waals surface area contributed by atoms with Gasteiger partial charge < -0.3 is 9.84 Å². The molecular weight excluding hydrogens is 320 g/mol. The van der Waals surface area contributed by atoms with Gasteiger partial charge in [-0.05, 0) is 32.6 Å². The fraction of sp³-hybridized carbons (Fsp3) is 0.714. The molecule has 1 aromatic heterocycles. The fourth-order valence-corrected chi connectivity index (χ4v) is 4.11. The minimum Gasteiger partial charge on any atom is -0.360 e. The van der Waals surface area contributed by atoms with Crippen LogP contribution in [-0.2, 0) is 10.2 Å². The molecule has 1 saturated heterocycles. The zero-order valence-corrected chi connectivity index (χ0v) is 14.1. The molecule has 2 atom stereocenters. The summed E-state index contributed by atoms with van der Waals surface area (Å²) in [4.78, 5) is 12.2. The van der Waals surface area contributed by atoms with E-state index in [0.717, 1.165) is 18.6 Å². The third-order valence-electron chi connectivity index (χ3n) is 4.46. The molecule has 0 aromatic carbocycles. The maximum absolute atomic E-state index is 12.2. The number of rotatable bonds is 5. The van der Waals surface area contributed by atoms with Crippen molar-refractivity contribution < 1.29 is 17.7 Å². The van der Waals surface area contributed by atoms with Crippen molar-refractivity contribution in [1.82, 2.24) is 19.5 Å². The molecule has 1 aliphatic heterocycles. The zero-order valence-electron chi connectivity index (χ0n) is 13.3. The summed E-state index contributed by atoms with van der Waals surface area (Å²) < 4.78 is 32.7. The van der Waals surface area contributed by atoms with Crippen LogP contribution in [0.2, 0.25) is 0 Å². The average Bonchev–Trinajstić information content (AvgIpc) is 3.24. The average molecular weight is 342 g/mol. The van der Waals surface area contributed by atoms with E-state index in [9.17, 15) is 13.2 Å². The molecule has 2 aliphatic rings. The maximum atomic E-state index is 12.2. The molecule has 2 fully saturated rings. The molecule has 3 rings (SSSR count). The van der Waals surface area contributed by atoms with Gasteiger partial charge in [-0.1, -0.05) is 5.16 Å². The minimum atomic E-state index is -3.43. The number of carbonyl (C=O) groups is 1. The Hall–Kier alpha value is -1.45. The van der Waals surface area contributed by atoms with E-state index < -0.39 is 10.2 Å². The Morgan fingerprint density at radius 2 is 2.13 bits per heavy atom. The molecule has 23 heavy (non-hydrogen) atoms. The van der Waals surface area contributed by atoms with Gasteiger partial charge in [-0.25, -0.2) is 4.72 Å². The quantitative estimate of drug-likeness (QED) is 0.815. The minimum absolute atomic E-state index is 0.0677. The summed E-state index contributed by atoms with van der Waals surface area (Å²) in [5, 5.41) is 6.75. The number of aromatic nitrogens is 1. The van der Waals surface area contributed by atoms with E-state index in [-0.39, 0.29) is 18.0 Å². The number of carbonyl (C=O) groups excluding carboxylic acids is 1. The van der Waals surface area contributed by atoms with Crippen LogP contribution < -0.4 is 10.0 Å². The van der Waals surface area contributed by atoms with Crippen molar-refractivity contribution in [2.24, 2.45) is 0 Å². The summed E-state index contributed by atoms with van der Waals surface area (Å²) in [6.45, 7) is 2.22. The molecule has 0 bridgehead atoms. The predicted molar refractivity (Wildman–Crippen MR) is 83.1 cm³/mol. The van der Waals surface area contributed by atoms with Gasteiger partial charge in [0.25, 0.3) is 16.1 Å². The van der Waals surface area contributed by atoms with Crippen LogP contribution in [0.15, 0.2) is 10.6 Å². The molecule has 2 heterocycles. The van der Waals surface area contributed by atoms with Crippen molar-refractivity contribution in [1.29, 1.82) is 0 Å². The lowest BCUT2D eigenvalue weighted by molar-refractivity contribution is 0.0905. The van der Waals surface area contributed by atoms with Gasteiger partial charge >= 0.3 is 0 Å². The third kappa shape index (κ3) is 3.56. The molecular formula is C14H22N4O4S. The normalized spacial score (nSPS) is 26.2. The number of hydrogen-bond donors (Lipinski definition) is 2. The van der Waals surface area contributed by atoms with Crippen LogP contribution in [0.4, 0.5) is 0 Å². The van der Waals surface area contributed by atoms with Crippen LogP contribution in [0.3, 0.4) is 0 Å². The lowest BCUT2D eigenvalue weighted by Crippen LogP contribution is -2.53. The Balaban J connectivity index is 1.57. The lowest BCUT2D eigenvalue weighted by atomic mass is 10.0. The van der Waals surface area contributed by atoms with Crippen molar-refractivity contribution in [2.75, 3.05) is 13.6 Å². The first-order valence-corrected chi connectivity index (χ1v) is 9.32. The Morgan fingerprint density at radius 1 is 1.39 bits per heavy atom. The summed E-state index contributed by atoms with van der Waals surface area (Å²) >= 11 is 0. The molecule has 1 amide bonds. The molecule has 0 unspecified atom stereocenters. The Labute approximate surface area is 135 Å². The summed E-state index contributed by atoms with van der Waals surface area (Å²) in [5.41, 5.74) is 0.296. The third-order valence-corrected chi connectivity index (χ3v) is 6.13. The summed E-state index contributed by atoms with van der Waals surface area (Å²) in [5.74, 6) is 0.931. The number of hydrogen-bond acceptors (Lipinski definition) is 5. The zero-order chi connectivity index (χ0) is 16.6. The first-order valence-electron chi connectivity index (χ1n) is 7.88. The second-order valence-corrected chi connectivity index (χ2v) is 8.08. The van der Waals surface area contributed by atoms with E-state index in [1.807, 2.05) is 6.92 Å². The van der Waals surface area contributed by atoms with Gasteiger partial charge in [0.15, 0.2) is 5.69 Å². The van der Waals surface area contributed by atoms with Crippen molar-refractivity contribution in [2.45, 2.75) is 50.6 Å². The molecule has 1 aliphatic carbocycles. The first kappa shape index (κ1) is 16.4. The van der Waals surface area contributed by atoms with Crippen LogP contribution in [0.1, 0.15) is 54.8 Å². The lowest BCUT2D eigenvalue weighted by Gasteiger charge is -2.36. The van der Waals surface area contributed by atoms with Crippen molar-refractivity contribution in [3.63, 3.8) is 0 Å². The number of piperidine rings is 1. The fourth-order valence-electron chi connectivity index (χ4n) is 2.97. The van der Waals surface area contributed by atoms with Crippen molar-refractivity contribution in [3.8, 4) is 0 Å². The smallest absolute Gasteiger partial charge is 0.279 e. The van der Waals surface area contributed by atoms with E-state index in [1.165, 1.54) is 11.4 Å². The van der Waals surface area contributed by atoms with Crippen LogP contribution in [0, 0.1) is 0 Å². The summed E-state index contributed by atoms with van der Waals surface area (Å²) in [7, 11) is -2.03. The van der Waals surface area contributed by atoms with E-state index in [4.69, 9.17) is 4.52 Å². The van der Waals surface area contributed by atoms with Crippen LogP contribution in [0.25, 0.3) is 0 Å². The number of nitrogens with zero attached hydrogens (tertiary/aromatic N) is 2. The predicted octanol–water partition coefficient (Wildman–Crippen LogP) is 0.599. The first-order chi connectivity index (χ1) is 10.9. The van der Waals surface area contributed by atoms with E-state index in [1.54, 1.807) is 6.07 Å². The topological polar surface area (TPSA) is 105 Å². The molecule has 0 radical (unpaired) electrons. The molecule has 8 nitrogen and oxygen atoms in total. The van der Waals surface area contributed by atoms with E-state index >= 15 is 0 Å². The highest BCUT2D eigenvalue weighted by molar-refractivity contribution is 7.87. The van der Waals surface area contributed by atoms with Gasteiger partial charge in [0.2, 0.25) is 0 Å². The van der Waals surface area contributed by atoms with Crippen molar-refractivity contribution >= 4 is 16.1 Å². The monoisotopic (exact) mass is 342 g/mol. The summed E-state index contributed by atoms with van der Waals surface area (Å²) in [6.07, 6.45) is 3.32. The van der Waals surface area contributed by atoms with E-state index in [2.05, 4.69) is 15.2 Å². The van der Waals surface area contributed by atoms with Gasteiger partial charge in [-0.2, -0.15) is 12.7 Å². The molecule has 128 valence electrons. The molecule has 0 spiro atoms. The van der Waals surface area contributed by atoms with Crippen LogP contribution in [0.5, 0.6) is 0 Å². The van der Waals surface area contributed by atoms with Gasteiger partial charge in [0, 0.05) is 37.7 Å². The van der Waals surface area contributed by atoms with Crippen LogP contribution in [-0.4, -0.2) is 49.5 Å². The Morgan fingerprint density at radius 3 is 2.74 bits per heavy atom. The van der Waals surface area contributed by atoms with Gasteiger partial charge in [-0.15, -0.1) is 0 Å². The van der Waals surface area contributed by atoms with Crippen LogP contribution >= 0.6 is 0 Å². The number of amides is 1. The summed E-state index contributed by atoms with van der Waals surface area (Å²) in [6, 6.07) is 1.46. The molecule has 1 aromatic rings. The van der Waals surface area contributed by atoms with Gasteiger partial charge in [0.1, 0.15) is 5.76 Å². The van der Waals surface area contributed by atoms with Crippen molar-refractivity contribution in [3.05, 3.63) is 17.5 Å². The standard InChI is InChI=1S/C14H22N4O4S/c1-9-7-11(5-6-18(9)23(20,21)15-2)16-14(19)12-8-13(22-17-12)10-3-4-10/h8-11,15H,3-7H2,1-2H3,(H,16,19)/t9-,11-/m1/s1. The molecule has 9 heteroatoms. The molecule has 2 N–H and O–H groups in total. The van der Waals surface area contributed by atoms with Gasteiger partial charge in [-0.3, -0.25) is 4.79 Å². The maximum Gasteiger partial charge on any atom is 0.279 e. The molecule has 1 saturated carbocycles. The SMILES string of the molecule is CNS(=O)(=O)N1CC[C@@H](NC(=O)c2cc(C3CC3)on2)C[C@H]1C. The highest BCUT2D eigenvalue weighted by Crippen LogP contribution is 2.40. The second kappa shape index (κ2) is 6.21. The Kier molecular flexibility index (Phi) is 4.43. The largest absolute Gasteiger partial charge is 0.360 e. The van der Waals surface area contributed by atoms with Gasteiger partial charge in [0.05, 0.1) is 0 Å². The highest BCUT2D eigenvalue weighted by atomic mass is 32.2. The Bertz CT molecular complexity index is 683. The highest BCUT2D eigenvalue weighted by Gasteiger charge is 2.34.